The first-order valence-corrected chi connectivity index (χ1v) is 5.86. The highest BCUT2D eigenvalue weighted by molar-refractivity contribution is 5.97. The standard InChI is InChI=1S/C12H12N2O6/c15-9-5-10(12(17)18)13(6-9)11(16)7-1-3-8(4-2-7)14(19)20/h1-4,9-10,15H,5-6H2,(H,17,18)/t9?,10-/m0/s1. The van der Waals surface area contributed by atoms with E-state index < -0.39 is 28.9 Å². The number of hydrogen-bond acceptors (Lipinski definition) is 5. The van der Waals surface area contributed by atoms with Gasteiger partial charge >= 0.3 is 5.97 Å². The van der Waals surface area contributed by atoms with Crippen LogP contribution in [0.5, 0.6) is 0 Å². The molecule has 2 atom stereocenters. The smallest absolute Gasteiger partial charge is 0.326 e. The summed E-state index contributed by atoms with van der Waals surface area (Å²) in [7, 11) is 0. The van der Waals surface area contributed by atoms with E-state index in [1.54, 1.807) is 0 Å². The van der Waals surface area contributed by atoms with Gasteiger partial charge in [-0.15, -0.1) is 0 Å². The van der Waals surface area contributed by atoms with Crippen LogP contribution in [-0.4, -0.2) is 50.6 Å². The Morgan fingerprint density at radius 3 is 2.40 bits per heavy atom. The highest BCUT2D eigenvalue weighted by Crippen LogP contribution is 2.22. The lowest BCUT2D eigenvalue weighted by Gasteiger charge is -2.21. The van der Waals surface area contributed by atoms with Gasteiger partial charge in [0.15, 0.2) is 0 Å². The summed E-state index contributed by atoms with van der Waals surface area (Å²) in [6.45, 7) is -0.0627. The largest absolute Gasteiger partial charge is 0.480 e. The molecule has 2 N–H and O–H groups in total. The van der Waals surface area contributed by atoms with Crippen molar-refractivity contribution in [3.63, 3.8) is 0 Å². The Morgan fingerprint density at radius 1 is 1.30 bits per heavy atom. The zero-order chi connectivity index (χ0) is 14.9. The van der Waals surface area contributed by atoms with Crippen LogP contribution >= 0.6 is 0 Å². The molecule has 106 valence electrons. The van der Waals surface area contributed by atoms with Gasteiger partial charge in [0.1, 0.15) is 6.04 Å². The molecule has 1 aliphatic heterocycles. The van der Waals surface area contributed by atoms with E-state index in [0.29, 0.717) is 0 Å². The van der Waals surface area contributed by atoms with E-state index in [4.69, 9.17) is 5.11 Å². The molecule has 1 aromatic carbocycles. The monoisotopic (exact) mass is 280 g/mol. The zero-order valence-electron chi connectivity index (χ0n) is 10.3. The Hall–Kier alpha value is -2.48. The number of carbonyl (C=O) groups excluding carboxylic acids is 1. The molecular formula is C12H12N2O6. The first-order chi connectivity index (χ1) is 9.40. The third-order valence-electron chi connectivity index (χ3n) is 3.15. The number of carboxylic acids is 1. The minimum atomic E-state index is -1.18. The molecule has 1 saturated heterocycles. The molecule has 0 radical (unpaired) electrons. The van der Waals surface area contributed by atoms with Gasteiger partial charge in [0.2, 0.25) is 0 Å². The molecule has 1 amide bonds. The third kappa shape index (κ3) is 2.59. The van der Waals surface area contributed by atoms with Gasteiger partial charge in [-0.1, -0.05) is 0 Å². The fourth-order valence-corrected chi connectivity index (χ4v) is 2.16. The lowest BCUT2D eigenvalue weighted by Crippen LogP contribution is -2.40. The fraction of sp³-hybridized carbons (Fsp3) is 0.333. The maximum atomic E-state index is 12.2. The summed E-state index contributed by atoms with van der Waals surface area (Å²) < 4.78 is 0. The normalized spacial score (nSPS) is 21.8. The minimum Gasteiger partial charge on any atom is -0.480 e. The van der Waals surface area contributed by atoms with E-state index in [1.165, 1.54) is 24.3 Å². The maximum absolute atomic E-state index is 12.2. The number of likely N-dealkylation sites (tertiary alicyclic amines) is 1. The molecule has 1 unspecified atom stereocenters. The molecule has 1 aromatic rings. The summed E-state index contributed by atoms with van der Waals surface area (Å²) in [5, 5.41) is 29.0. The van der Waals surface area contributed by atoms with Crippen LogP contribution in [0.25, 0.3) is 0 Å². The van der Waals surface area contributed by atoms with Crippen molar-refractivity contribution >= 4 is 17.6 Å². The van der Waals surface area contributed by atoms with E-state index in [0.717, 1.165) is 4.90 Å². The van der Waals surface area contributed by atoms with Crippen LogP contribution < -0.4 is 0 Å². The van der Waals surface area contributed by atoms with Crippen LogP contribution in [0.2, 0.25) is 0 Å². The number of benzene rings is 1. The zero-order valence-corrected chi connectivity index (χ0v) is 10.3. The molecule has 0 spiro atoms. The Balaban J connectivity index is 2.22. The second-order valence-electron chi connectivity index (χ2n) is 4.51. The first-order valence-electron chi connectivity index (χ1n) is 5.86. The van der Waals surface area contributed by atoms with Gasteiger partial charge in [0.25, 0.3) is 11.6 Å². The number of nitro benzene ring substituents is 1. The quantitative estimate of drug-likeness (QED) is 0.605. The lowest BCUT2D eigenvalue weighted by atomic mass is 10.1. The number of carbonyl (C=O) groups is 2. The van der Waals surface area contributed by atoms with Crippen molar-refractivity contribution in [2.45, 2.75) is 18.6 Å². The highest BCUT2D eigenvalue weighted by Gasteiger charge is 2.39. The van der Waals surface area contributed by atoms with Gasteiger partial charge in [-0.05, 0) is 12.1 Å². The molecule has 1 fully saturated rings. The second-order valence-corrected chi connectivity index (χ2v) is 4.51. The number of amides is 1. The van der Waals surface area contributed by atoms with E-state index in [-0.39, 0.29) is 24.2 Å². The van der Waals surface area contributed by atoms with Crippen molar-refractivity contribution in [2.24, 2.45) is 0 Å². The third-order valence-corrected chi connectivity index (χ3v) is 3.15. The van der Waals surface area contributed by atoms with Gasteiger partial charge < -0.3 is 15.1 Å². The van der Waals surface area contributed by atoms with Gasteiger partial charge in [-0.25, -0.2) is 4.79 Å². The summed E-state index contributed by atoms with van der Waals surface area (Å²) in [5.74, 6) is -1.75. The SMILES string of the molecule is O=C(O)[C@@H]1CC(O)CN1C(=O)c1ccc([N+](=O)[O-])cc1. The first kappa shape index (κ1) is 13.9. The summed E-state index contributed by atoms with van der Waals surface area (Å²) >= 11 is 0. The molecule has 8 heteroatoms. The molecule has 0 aliphatic carbocycles. The van der Waals surface area contributed by atoms with E-state index >= 15 is 0 Å². The van der Waals surface area contributed by atoms with Crippen molar-refractivity contribution in [2.75, 3.05) is 6.54 Å². The Bertz CT molecular complexity index is 556. The summed E-state index contributed by atoms with van der Waals surface area (Å²) in [4.78, 5) is 34.2. The van der Waals surface area contributed by atoms with Crippen molar-refractivity contribution < 1.29 is 24.7 Å². The topological polar surface area (TPSA) is 121 Å². The van der Waals surface area contributed by atoms with Crippen molar-refractivity contribution in [3.8, 4) is 0 Å². The molecule has 0 aromatic heterocycles. The van der Waals surface area contributed by atoms with Crippen LogP contribution in [0.15, 0.2) is 24.3 Å². The molecule has 2 rings (SSSR count). The van der Waals surface area contributed by atoms with E-state index in [2.05, 4.69) is 0 Å². The molecule has 0 saturated carbocycles. The van der Waals surface area contributed by atoms with Crippen LogP contribution in [0.1, 0.15) is 16.8 Å². The molecular weight excluding hydrogens is 268 g/mol. The van der Waals surface area contributed by atoms with E-state index in [1.807, 2.05) is 0 Å². The van der Waals surface area contributed by atoms with Crippen molar-refractivity contribution in [3.05, 3.63) is 39.9 Å². The second kappa shape index (κ2) is 5.25. The van der Waals surface area contributed by atoms with Crippen molar-refractivity contribution in [1.29, 1.82) is 0 Å². The summed E-state index contributed by atoms with van der Waals surface area (Å²) in [6.07, 6.45) is -0.897. The molecule has 1 aliphatic rings. The number of aliphatic hydroxyl groups excluding tert-OH is 1. The maximum Gasteiger partial charge on any atom is 0.326 e. The average molecular weight is 280 g/mol. The summed E-state index contributed by atoms with van der Waals surface area (Å²) in [6, 6.07) is 3.81. The number of nitrogens with zero attached hydrogens (tertiary/aromatic N) is 2. The van der Waals surface area contributed by atoms with Crippen LogP contribution in [0.3, 0.4) is 0 Å². The average Bonchev–Trinajstić information content (AvgIpc) is 2.80. The summed E-state index contributed by atoms with van der Waals surface area (Å²) in [5.41, 5.74) is -0.00580. The molecule has 8 nitrogen and oxygen atoms in total. The van der Waals surface area contributed by atoms with E-state index in [9.17, 15) is 24.8 Å². The number of aliphatic carboxylic acids is 1. The number of rotatable bonds is 3. The van der Waals surface area contributed by atoms with Crippen LogP contribution in [0.4, 0.5) is 5.69 Å². The van der Waals surface area contributed by atoms with Crippen molar-refractivity contribution in [1.82, 2.24) is 4.90 Å². The van der Waals surface area contributed by atoms with Gasteiger partial charge in [0, 0.05) is 30.7 Å². The fourth-order valence-electron chi connectivity index (χ4n) is 2.16. The van der Waals surface area contributed by atoms with Gasteiger partial charge in [-0.3, -0.25) is 14.9 Å². The van der Waals surface area contributed by atoms with Gasteiger partial charge in [-0.2, -0.15) is 0 Å². The Morgan fingerprint density at radius 2 is 1.90 bits per heavy atom. The number of hydrogen-bond donors (Lipinski definition) is 2. The number of carboxylic acid groups (broad SMARTS) is 1. The Labute approximate surface area is 113 Å². The highest BCUT2D eigenvalue weighted by atomic mass is 16.6. The number of non-ortho nitro benzene ring substituents is 1. The lowest BCUT2D eigenvalue weighted by molar-refractivity contribution is -0.384. The number of β-amino-alcohol motifs (C(OH)–C–C–N with tert-alkyl or cyclic N) is 1. The molecule has 1 heterocycles. The predicted octanol–water partition coefficient (Wildman–Crippen LogP) is 0.255. The molecule has 0 bridgehead atoms. The Kier molecular flexibility index (Phi) is 3.66. The minimum absolute atomic E-state index is 0.0198. The number of nitro groups is 1. The predicted molar refractivity (Wildman–Crippen MR) is 66.2 cm³/mol. The van der Waals surface area contributed by atoms with Gasteiger partial charge in [0.05, 0.1) is 11.0 Å². The van der Waals surface area contributed by atoms with Crippen LogP contribution in [0, 0.1) is 10.1 Å². The molecule has 20 heavy (non-hydrogen) atoms. The van der Waals surface area contributed by atoms with Crippen LogP contribution in [-0.2, 0) is 4.79 Å². The number of aliphatic hydroxyl groups is 1.